The van der Waals surface area contributed by atoms with Gasteiger partial charge in [0.05, 0.1) is 13.2 Å². The number of nitrogens with one attached hydrogen (secondary N) is 1. The van der Waals surface area contributed by atoms with Gasteiger partial charge in [0, 0.05) is 71.9 Å². The maximum atomic E-state index is 14.7. The van der Waals surface area contributed by atoms with Crippen molar-refractivity contribution in [2.75, 3.05) is 78.7 Å². The summed E-state index contributed by atoms with van der Waals surface area (Å²) in [4.78, 5) is 61.4. The highest BCUT2D eigenvalue weighted by Crippen LogP contribution is 2.55. The molecule has 1 fully saturated rings. The van der Waals surface area contributed by atoms with Crippen LogP contribution >= 0.6 is 7.60 Å². The first-order valence-electron chi connectivity index (χ1n) is 20.3. The van der Waals surface area contributed by atoms with Crippen molar-refractivity contribution in [2.24, 2.45) is 5.73 Å². The predicted molar refractivity (Wildman–Crippen MR) is 218 cm³/mol. The Morgan fingerprint density at radius 2 is 0.911 bits per heavy atom. The van der Waals surface area contributed by atoms with E-state index in [-0.39, 0.29) is 44.5 Å². The molecule has 1 aliphatic rings. The lowest BCUT2D eigenvalue weighted by Gasteiger charge is -2.41. The molecule has 1 aliphatic heterocycles. The molecule has 4 unspecified atom stereocenters. The lowest BCUT2D eigenvalue weighted by Crippen LogP contribution is -2.55. The maximum Gasteiger partial charge on any atom is 0.347 e. The van der Waals surface area contributed by atoms with Crippen molar-refractivity contribution in [3.05, 3.63) is 0 Å². The molecule has 56 heavy (non-hydrogen) atoms. The normalized spacial score (nSPS) is 19.1. The summed E-state index contributed by atoms with van der Waals surface area (Å²) in [6.45, 7) is 28.8. The summed E-state index contributed by atoms with van der Waals surface area (Å²) in [5.74, 6) is -2.26. The van der Waals surface area contributed by atoms with Gasteiger partial charge in [0.15, 0.2) is 0 Å². The Kier molecular flexibility index (Phi) is 21.7. The highest BCUT2D eigenvalue weighted by Gasteiger charge is 2.41. The van der Waals surface area contributed by atoms with Crippen LogP contribution in [0.15, 0.2) is 0 Å². The molecule has 0 aliphatic carbocycles. The standard InChI is InChI=1S/C39H77N6O10P/c1-15-51-56(50,52-16-2)33(18-17-32(46)41-20-19-40)45-27-25-43(30(4)35(48)54-38(9,10)11)23-21-42(29(3)34(47)53-37(6,7)8)22-24-44(26-28-45)31(5)36(49)55-39(12,13)14/h29-31,33H,15-28,40H2,1-14H3,(H,41,46). The molecule has 0 aromatic heterocycles. The Labute approximate surface area is 337 Å². The molecule has 1 amide bonds. The fourth-order valence-electron chi connectivity index (χ4n) is 6.21. The third-order valence-corrected chi connectivity index (χ3v) is 11.6. The Bertz CT molecular complexity index is 1220. The zero-order valence-electron chi connectivity index (χ0n) is 37.1. The maximum absolute atomic E-state index is 14.7. The zero-order valence-corrected chi connectivity index (χ0v) is 38.0. The van der Waals surface area contributed by atoms with Gasteiger partial charge in [-0.2, -0.15) is 0 Å². The second-order valence-electron chi connectivity index (χ2n) is 17.3. The predicted octanol–water partition coefficient (Wildman–Crippen LogP) is 3.85. The molecule has 16 nitrogen and oxygen atoms in total. The number of ether oxygens (including phenoxy) is 3. The molecule has 3 N–H and O–H groups in total. The van der Waals surface area contributed by atoms with Crippen LogP contribution in [-0.2, 0) is 47.0 Å². The summed E-state index contributed by atoms with van der Waals surface area (Å²) in [5.41, 5.74) is 3.50. The average molecular weight is 821 g/mol. The van der Waals surface area contributed by atoms with E-state index >= 15 is 0 Å². The van der Waals surface area contributed by atoms with Crippen LogP contribution in [0.25, 0.3) is 0 Å². The van der Waals surface area contributed by atoms with E-state index in [1.807, 2.05) is 81.9 Å². The number of amides is 1. The number of esters is 3. The van der Waals surface area contributed by atoms with Gasteiger partial charge in [-0.1, -0.05) is 0 Å². The van der Waals surface area contributed by atoms with E-state index in [2.05, 4.69) is 5.32 Å². The van der Waals surface area contributed by atoms with Gasteiger partial charge >= 0.3 is 25.5 Å². The first-order chi connectivity index (χ1) is 25.8. The van der Waals surface area contributed by atoms with Gasteiger partial charge in [0.25, 0.3) is 0 Å². The van der Waals surface area contributed by atoms with Crippen molar-refractivity contribution in [1.82, 2.24) is 24.9 Å². The van der Waals surface area contributed by atoms with Crippen LogP contribution < -0.4 is 11.1 Å². The zero-order chi connectivity index (χ0) is 43.1. The average Bonchev–Trinajstić information content (AvgIpc) is 3.05. The Hall–Kier alpha value is -2.17. The molecule has 0 aromatic rings. The number of nitrogens with zero attached hydrogens (tertiary/aromatic N) is 4. The summed E-state index contributed by atoms with van der Waals surface area (Å²) in [6.07, 6.45) is 0.191. The van der Waals surface area contributed by atoms with E-state index in [1.165, 1.54) is 0 Å². The van der Waals surface area contributed by atoms with Crippen LogP contribution in [0.2, 0.25) is 0 Å². The molecule has 17 heteroatoms. The highest BCUT2D eigenvalue weighted by molar-refractivity contribution is 7.54. The lowest BCUT2D eigenvalue weighted by molar-refractivity contribution is -0.164. The monoisotopic (exact) mass is 821 g/mol. The van der Waals surface area contributed by atoms with E-state index in [0.717, 1.165) is 0 Å². The molecular formula is C39H77N6O10P. The number of nitrogens with two attached hydrogens (primary N) is 1. The summed E-state index contributed by atoms with van der Waals surface area (Å²) < 4.78 is 43.9. The van der Waals surface area contributed by atoms with Gasteiger partial charge in [-0.3, -0.25) is 43.3 Å². The van der Waals surface area contributed by atoms with Crippen LogP contribution in [0.4, 0.5) is 0 Å². The SMILES string of the molecule is CCOP(=O)(OCC)C(CCC(=O)NCCN)N1CCN(C(C)C(=O)OC(C)(C)C)CCN(C(C)C(=O)OC(C)(C)C)CCN(C(C)C(=O)OC(C)(C)C)CC1. The second-order valence-corrected chi connectivity index (χ2v) is 19.5. The first-order valence-corrected chi connectivity index (χ1v) is 21.9. The smallest absolute Gasteiger partial charge is 0.347 e. The van der Waals surface area contributed by atoms with Crippen molar-refractivity contribution in [3.8, 4) is 0 Å². The van der Waals surface area contributed by atoms with E-state index < -0.39 is 60.2 Å². The summed E-state index contributed by atoms with van der Waals surface area (Å²) in [6, 6.07) is -1.98. The molecule has 328 valence electrons. The molecule has 1 saturated heterocycles. The Morgan fingerprint density at radius 1 is 0.607 bits per heavy atom. The van der Waals surface area contributed by atoms with Crippen molar-refractivity contribution >= 4 is 31.4 Å². The minimum Gasteiger partial charge on any atom is -0.459 e. The molecule has 4 atom stereocenters. The first kappa shape index (κ1) is 51.8. The van der Waals surface area contributed by atoms with Gasteiger partial charge in [-0.05, 0) is 103 Å². The second kappa shape index (κ2) is 23.4. The summed E-state index contributed by atoms with van der Waals surface area (Å²) in [7, 11) is -3.85. The third-order valence-electron chi connectivity index (χ3n) is 9.09. The minimum absolute atomic E-state index is 0.0405. The minimum atomic E-state index is -3.85. The molecule has 0 bridgehead atoms. The molecule has 1 heterocycles. The number of hydrogen-bond acceptors (Lipinski definition) is 15. The number of rotatable bonds is 17. The molecular weight excluding hydrogens is 743 g/mol. The van der Waals surface area contributed by atoms with Gasteiger partial charge < -0.3 is 34.3 Å². The summed E-state index contributed by atoms with van der Waals surface area (Å²) >= 11 is 0. The quantitative estimate of drug-likeness (QED) is 0.123. The van der Waals surface area contributed by atoms with Gasteiger partial charge in [0.2, 0.25) is 5.91 Å². The molecule has 0 spiro atoms. The van der Waals surface area contributed by atoms with Gasteiger partial charge in [0.1, 0.15) is 40.7 Å². The molecule has 1 rings (SSSR count). The van der Waals surface area contributed by atoms with Gasteiger partial charge in [-0.25, -0.2) is 0 Å². The topological polar surface area (TPSA) is 183 Å². The van der Waals surface area contributed by atoms with Crippen LogP contribution in [0.5, 0.6) is 0 Å². The third kappa shape index (κ3) is 19.1. The van der Waals surface area contributed by atoms with E-state index in [9.17, 15) is 23.7 Å². The number of carbonyl (C=O) groups excluding carboxylic acids is 4. The van der Waals surface area contributed by atoms with Crippen molar-refractivity contribution < 1.29 is 47.0 Å². The number of carbonyl (C=O) groups is 4. The highest BCUT2D eigenvalue weighted by atomic mass is 31.2. The van der Waals surface area contributed by atoms with E-state index in [1.54, 1.807) is 34.6 Å². The van der Waals surface area contributed by atoms with Crippen LogP contribution in [0.3, 0.4) is 0 Å². The van der Waals surface area contributed by atoms with E-state index in [4.69, 9.17) is 29.0 Å². The van der Waals surface area contributed by atoms with Crippen LogP contribution in [-0.4, -0.2) is 163 Å². The fraction of sp³-hybridized carbons (Fsp3) is 0.897. The summed E-state index contributed by atoms with van der Waals surface area (Å²) in [5, 5.41) is 2.79. The van der Waals surface area contributed by atoms with Crippen molar-refractivity contribution in [1.29, 1.82) is 0 Å². The molecule has 0 radical (unpaired) electrons. The molecule has 0 saturated carbocycles. The van der Waals surface area contributed by atoms with Gasteiger partial charge in [-0.15, -0.1) is 0 Å². The van der Waals surface area contributed by atoms with E-state index in [0.29, 0.717) is 58.9 Å². The van der Waals surface area contributed by atoms with Crippen LogP contribution in [0, 0.1) is 0 Å². The lowest BCUT2D eigenvalue weighted by atomic mass is 10.1. The van der Waals surface area contributed by atoms with Crippen LogP contribution in [0.1, 0.15) is 110 Å². The Balaban J connectivity index is 3.85. The fourth-order valence-corrected chi connectivity index (χ4v) is 8.43. The molecule has 0 aromatic carbocycles. The Morgan fingerprint density at radius 3 is 1.18 bits per heavy atom. The van der Waals surface area contributed by atoms with Crippen molar-refractivity contribution in [2.45, 2.75) is 150 Å². The largest absolute Gasteiger partial charge is 0.459 e. The number of hydrogen-bond donors (Lipinski definition) is 2. The van der Waals surface area contributed by atoms with Crippen molar-refractivity contribution in [3.63, 3.8) is 0 Å².